The van der Waals surface area contributed by atoms with Gasteiger partial charge in [0.15, 0.2) is 5.11 Å². The molecule has 0 amide bonds. The molecule has 0 atom stereocenters. The summed E-state index contributed by atoms with van der Waals surface area (Å²) in [4.78, 5) is 0. The van der Waals surface area contributed by atoms with Crippen LogP contribution in [0.2, 0.25) is 5.02 Å². The number of hydrogen-bond donors (Lipinski definition) is 2. The molecule has 0 radical (unpaired) electrons. The number of benzene rings is 2. The molecule has 0 aliphatic rings. The summed E-state index contributed by atoms with van der Waals surface area (Å²) in [5, 5.41) is 7.50. The molecule has 0 aliphatic carbocycles. The van der Waals surface area contributed by atoms with E-state index in [0.717, 1.165) is 17.0 Å². The quantitative estimate of drug-likeness (QED) is 0.782. The van der Waals surface area contributed by atoms with E-state index >= 15 is 0 Å². The zero-order valence-corrected chi connectivity index (χ0v) is 14.2. The van der Waals surface area contributed by atoms with E-state index in [-0.39, 0.29) is 6.10 Å². The summed E-state index contributed by atoms with van der Waals surface area (Å²) < 4.78 is 5.61. The fourth-order valence-corrected chi connectivity index (χ4v) is 2.26. The Labute approximate surface area is 141 Å². The lowest BCUT2D eigenvalue weighted by Gasteiger charge is -2.12. The number of ether oxygens (including phenoxy) is 1. The van der Waals surface area contributed by atoms with Gasteiger partial charge in [0.25, 0.3) is 0 Å². The third-order valence-corrected chi connectivity index (χ3v) is 3.31. The zero-order chi connectivity index (χ0) is 15.9. The number of rotatable bonds is 5. The third kappa shape index (κ3) is 5.54. The Bertz CT molecular complexity index is 629. The molecule has 0 fully saturated rings. The van der Waals surface area contributed by atoms with Crippen molar-refractivity contribution in [1.82, 2.24) is 5.32 Å². The van der Waals surface area contributed by atoms with Crippen molar-refractivity contribution in [1.29, 1.82) is 0 Å². The van der Waals surface area contributed by atoms with Gasteiger partial charge in [-0.05, 0) is 62.0 Å². The number of halogens is 1. The molecule has 116 valence electrons. The van der Waals surface area contributed by atoms with E-state index < -0.39 is 0 Å². The number of anilines is 1. The monoisotopic (exact) mass is 334 g/mol. The van der Waals surface area contributed by atoms with Gasteiger partial charge in [-0.3, -0.25) is 0 Å². The SMILES string of the molecule is CC(C)Oc1ccc(CNC(=S)Nc2cccc(Cl)c2)cc1. The minimum absolute atomic E-state index is 0.179. The van der Waals surface area contributed by atoms with E-state index in [1.807, 2.05) is 62.4 Å². The molecule has 2 rings (SSSR count). The summed E-state index contributed by atoms with van der Waals surface area (Å²) in [6, 6.07) is 15.4. The van der Waals surface area contributed by atoms with Crippen LogP contribution in [0.3, 0.4) is 0 Å². The third-order valence-electron chi connectivity index (χ3n) is 2.83. The van der Waals surface area contributed by atoms with Crippen molar-refractivity contribution in [2.75, 3.05) is 5.32 Å². The van der Waals surface area contributed by atoms with Crippen LogP contribution in [-0.4, -0.2) is 11.2 Å². The van der Waals surface area contributed by atoms with E-state index in [0.29, 0.717) is 16.7 Å². The Balaban J connectivity index is 1.83. The largest absolute Gasteiger partial charge is 0.491 e. The Kier molecular flexibility index (Phi) is 6.04. The maximum absolute atomic E-state index is 5.94. The van der Waals surface area contributed by atoms with Crippen molar-refractivity contribution >= 4 is 34.6 Å². The Hall–Kier alpha value is -1.78. The van der Waals surface area contributed by atoms with Crippen molar-refractivity contribution < 1.29 is 4.74 Å². The first-order chi connectivity index (χ1) is 10.5. The van der Waals surface area contributed by atoms with Crippen LogP contribution in [0.1, 0.15) is 19.4 Å². The molecular formula is C17H19ClN2OS. The Morgan fingerprint density at radius 2 is 1.91 bits per heavy atom. The average Bonchev–Trinajstić information content (AvgIpc) is 2.46. The maximum atomic E-state index is 5.94. The molecule has 0 saturated carbocycles. The number of thiocarbonyl (C=S) groups is 1. The summed E-state index contributed by atoms with van der Waals surface area (Å²) in [6.45, 7) is 4.67. The summed E-state index contributed by atoms with van der Waals surface area (Å²) >= 11 is 11.2. The lowest BCUT2D eigenvalue weighted by atomic mass is 10.2. The van der Waals surface area contributed by atoms with Gasteiger partial charge in [-0.25, -0.2) is 0 Å². The fourth-order valence-electron chi connectivity index (χ4n) is 1.88. The first kappa shape index (κ1) is 16.6. The topological polar surface area (TPSA) is 33.3 Å². The van der Waals surface area contributed by atoms with Crippen LogP contribution in [0.25, 0.3) is 0 Å². The van der Waals surface area contributed by atoms with Crippen molar-refractivity contribution in [2.24, 2.45) is 0 Å². The molecule has 3 nitrogen and oxygen atoms in total. The van der Waals surface area contributed by atoms with Gasteiger partial charge >= 0.3 is 0 Å². The second-order valence-electron chi connectivity index (χ2n) is 5.13. The maximum Gasteiger partial charge on any atom is 0.171 e. The molecule has 0 saturated heterocycles. The molecule has 0 aromatic heterocycles. The predicted octanol–water partition coefficient (Wildman–Crippen LogP) is 4.61. The van der Waals surface area contributed by atoms with Crippen LogP contribution in [0, 0.1) is 0 Å². The van der Waals surface area contributed by atoms with Gasteiger partial charge in [0, 0.05) is 17.3 Å². The van der Waals surface area contributed by atoms with Gasteiger partial charge < -0.3 is 15.4 Å². The van der Waals surface area contributed by atoms with Crippen molar-refractivity contribution in [2.45, 2.75) is 26.5 Å². The summed E-state index contributed by atoms with van der Waals surface area (Å²) in [6.07, 6.45) is 0.179. The van der Waals surface area contributed by atoms with E-state index in [1.165, 1.54) is 0 Å². The second kappa shape index (κ2) is 8.01. The van der Waals surface area contributed by atoms with Crippen LogP contribution in [0.15, 0.2) is 48.5 Å². The molecule has 2 aromatic rings. The van der Waals surface area contributed by atoms with Gasteiger partial charge in [-0.15, -0.1) is 0 Å². The van der Waals surface area contributed by atoms with E-state index in [4.69, 9.17) is 28.6 Å². The van der Waals surface area contributed by atoms with Gasteiger partial charge in [-0.1, -0.05) is 29.8 Å². The molecular weight excluding hydrogens is 316 g/mol. The zero-order valence-electron chi connectivity index (χ0n) is 12.6. The highest BCUT2D eigenvalue weighted by atomic mass is 35.5. The molecule has 5 heteroatoms. The molecule has 0 aliphatic heterocycles. The highest BCUT2D eigenvalue weighted by Crippen LogP contribution is 2.15. The first-order valence-corrected chi connectivity index (χ1v) is 7.87. The molecule has 0 heterocycles. The number of hydrogen-bond acceptors (Lipinski definition) is 2. The fraction of sp³-hybridized carbons (Fsp3) is 0.235. The number of nitrogens with one attached hydrogen (secondary N) is 2. The predicted molar refractivity (Wildman–Crippen MR) is 96.7 cm³/mol. The minimum atomic E-state index is 0.179. The van der Waals surface area contributed by atoms with Crippen molar-refractivity contribution in [3.05, 3.63) is 59.1 Å². The van der Waals surface area contributed by atoms with E-state index in [9.17, 15) is 0 Å². The lowest BCUT2D eigenvalue weighted by Crippen LogP contribution is -2.27. The Morgan fingerprint density at radius 3 is 2.55 bits per heavy atom. The van der Waals surface area contributed by atoms with E-state index in [2.05, 4.69) is 10.6 Å². The minimum Gasteiger partial charge on any atom is -0.491 e. The summed E-state index contributed by atoms with van der Waals surface area (Å²) in [5.74, 6) is 0.873. The van der Waals surface area contributed by atoms with Crippen LogP contribution in [-0.2, 0) is 6.54 Å². The van der Waals surface area contributed by atoms with Crippen LogP contribution in [0.5, 0.6) is 5.75 Å². The summed E-state index contributed by atoms with van der Waals surface area (Å²) in [5.41, 5.74) is 2.00. The molecule has 2 N–H and O–H groups in total. The van der Waals surface area contributed by atoms with Crippen LogP contribution >= 0.6 is 23.8 Å². The van der Waals surface area contributed by atoms with Crippen molar-refractivity contribution in [3.63, 3.8) is 0 Å². The van der Waals surface area contributed by atoms with Gasteiger partial charge in [0.2, 0.25) is 0 Å². The molecule has 0 bridgehead atoms. The van der Waals surface area contributed by atoms with Crippen LogP contribution in [0.4, 0.5) is 5.69 Å². The standard InChI is InChI=1S/C17H19ClN2OS/c1-12(2)21-16-8-6-13(7-9-16)11-19-17(22)20-15-5-3-4-14(18)10-15/h3-10,12H,11H2,1-2H3,(H2,19,20,22). The Morgan fingerprint density at radius 1 is 1.18 bits per heavy atom. The molecule has 0 spiro atoms. The highest BCUT2D eigenvalue weighted by Gasteiger charge is 2.01. The van der Waals surface area contributed by atoms with E-state index in [1.54, 1.807) is 0 Å². The normalized spacial score (nSPS) is 10.4. The smallest absolute Gasteiger partial charge is 0.171 e. The second-order valence-corrected chi connectivity index (χ2v) is 5.97. The van der Waals surface area contributed by atoms with Gasteiger partial charge in [-0.2, -0.15) is 0 Å². The molecule has 0 unspecified atom stereocenters. The van der Waals surface area contributed by atoms with Gasteiger partial charge in [0.05, 0.1) is 6.10 Å². The van der Waals surface area contributed by atoms with Crippen molar-refractivity contribution in [3.8, 4) is 5.75 Å². The highest BCUT2D eigenvalue weighted by molar-refractivity contribution is 7.80. The van der Waals surface area contributed by atoms with Crippen LogP contribution < -0.4 is 15.4 Å². The molecule has 22 heavy (non-hydrogen) atoms. The lowest BCUT2D eigenvalue weighted by molar-refractivity contribution is 0.242. The summed E-state index contributed by atoms with van der Waals surface area (Å²) in [7, 11) is 0. The molecule has 2 aromatic carbocycles. The first-order valence-electron chi connectivity index (χ1n) is 7.09. The van der Waals surface area contributed by atoms with Gasteiger partial charge in [0.1, 0.15) is 5.75 Å². The average molecular weight is 335 g/mol.